The fourth-order valence-corrected chi connectivity index (χ4v) is 1.72. The van der Waals surface area contributed by atoms with Crippen LogP contribution >= 0.6 is 0 Å². The summed E-state index contributed by atoms with van der Waals surface area (Å²) in [7, 11) is 3.47. The first-order chi connectivity index (χ1) is 8.17. The molecule has 5 heteroatoms. The third-order valence-electron chi connectivity index (χ3n) is 2.72. The molecule has 0 aromatic carbocycles. The number of aryl methyl sites for hydroxylation is 1. The number of hydrogen-bond acceptors (Lipinski definition) is 4. The molecule has 0 unspecified atom stereocenters. The molecule has 1 aromatic heterocycles. The van der Waals surface area contributed by atoms with Gasteiger partial charge in [0.1, 0.15) is 0 Å². The van der Waals surface area contributed by atoms with Gasteiger partial charge in [0.05, 0.1) is 19.1 Å². The molecule has 0 spiro atoms. The summed E-state index contributed by atoms with van der Waals surface area (Å²) in [6, 6.07) is 0. The second kappa shape index (κ2) is 7.06. The molecule has 0 aliphatic rings. The molecule has 1 heterocycles. The van der Waals surface area contributed by atoms with Crippen molar-refractivity contribution in [1.82, 2.24) is 14.5 Å². The van der Waals surface area contributed by atoms with Crippen molar-refractivity contribution in [1.29, 1.82) is 0 Å². The minimum Gasteiger partial charge on any atom is -0.469 e. The number of carbonyl (C=O) groups is 1. The smallest absolute Gasteiger partial charge is 0.305 e. The molecule has 0 aliphatic carbocycles. The van der Waals surface area contributed by atoms with E-state index < -0.39 is 0 Å². The number of ether oxygens (including phenoxy) is 1. The van der Waals surface area contributed by atoms with Gasteiger partial charge in [-0.15, -0.1) is 0 Å². The Bertz CT molecular complexity index is 349. The number of hydrogen-bond donors (Lipinski definition) is 0. The van der Waals surface area contributed by atoms with Crippen LogP contribution in [0.5, 0.6) is 0 Å². The summed E-state index contributed by atoms with van der Waals surface area (Å²) >= 11 is 0. The Labute approximate surface area is 102 Å². The highest BCUT2D eigenvalue weighted by Gasteiger charge is 2.06. The lowest BCUT2D eigenvalue weighted by Gasteiger charge is -2.16. The van der Waals surface area contributed by atoms with Crippen LogP contribution in [0.4, 0.5) is 0 Å². The van der Waals surface area contributed by atoms with Gasteiger partial charge in [-0.1, -0.05) is 0 Å². The third-order valence-corrected chi connectivity index (χ3v) is 2.72. The van der Waals surface area contributed by atoms with Crippen LogP contribution < -0.4 is 0 Å². The van der Waals surface area contributed by atoms with E-state index >= 15 is 0 Å². The van der Waals surface area contributed by atoms with Gasteiger partial charge in [-0.05, 0) is 26.9 Å². The first kappa shape index (κ1) is 13.7. The van der Waals surface area contributed by atoms with Crippen LogP contribution in [0.2, 0.25) is 0 Å². The average Bonchev–Trinajstić information content (AvgIpc) is 2.76. The van der Waals surface area contributed by atoms with Crippen molar-refractivity contribution in [2.45, 2.75) is 32.9 Å². The summed E-state index contributed by atoms with van der Waals surface area (Å²) < 4.78 is 6.72. The Balaban J connectivity index is 2.29. The predicted molar refractivity (Wildman–Crippen MR) is 65.5 cm³/mol. The van der Waals surface area contributed by atoms with E-state index in [1.807, 2.05) is 19.6 Å². The van der Waals surface area contributed by atoms with Crippen LogP contribution in [0.15, 0.2) is 12.5 Å². The van der Waals surface area contributed by atoms with Crippen molar-refractivity contribution in [2.24, 2.45) is 0 Å². The Morgan fingerprint density at radius 3 is 3.00 bits per heavy atom. The molecule has 1 aromatic rings. The van der Waals surface area contributed by atoms with E-state index in [1.165, 1.54) is 12.8 Å². The summed E-state index contributed by atoms with van der Waals surface area (Å²) in [5.41, 5.74) is 1.20. The fourth-order valence-electron chi connectivity index (χ4n) is 1.72. The zero-order chi connectivity index (χ0) is 12.7. The highest BCUT2D eigenvalue weighted by molar-refractivity contribution is 5.69. The molecular weight excluding hydrogens is 218 g/mol. The Morgan fingerprint density at radius 2 is 2.35 bits per heavy atom. The normalized spacial score (nSPS) is 10.8. The maximum absolute atomic E-state index is 11.0. The molecule has 96 valence electrons. The van der Waals surface area contributed by atoms with Crippen LogP contribution in [0.3, 0.4) is 0 Å². The molecule has 0 aliphatic heterocycles. The van der Waals surface area contributed by atoms with Crippen molar-refractivity contribution >= 4 is 5.97 Å². The molecule has 5 nitrogen and oxygen atoms in total. The fraction of sp³-hybridized carbons (Fsp3) is 0.667. The van der Waals surface area contributed by atoms with Gasteiger partial charge >= 0.3 is 5.97 Å². The van der Waals surface area contributed by atoms with Crippen LogP contribution in [-0.2, 0) is 22.6 Å². The molecule has 0 saturated carbocycles. The van der Waals surface area contributed by atoms with Crippen LogP contribution in [0, 0.1) is 0 Å². The number of imidazole rings is 1. The Hall–Kier alpha value is -1.36. The van der Waals surface area contributed by atoms with E-state index in [-0.39, 0.29) is 5.97 Å². The highest BCUT2D eigenvalue weighted by atomic mass is 16.5. The number of rotatable bonds is 7. The van der Waals surface area contributed by atoms with Crippen molar-refractivity contribution in [3.05, 3.63) is 18.2 Å². The summed E-state index contributed by atoms with van der Waals surface area (Å²) in [5.74, 6) is -0.142. The maximum atomic E-state index is 11.0. The molecule has 0 saturated heterocycles. The van der Waals surface area contributed by atoms with Crippen molar-refractivity contribution in [2.75, 3.05) is 20.7 Å². The second-order valence-corrected chi connectivity index (χ2v) is 4.09. The standard InChI is InChI=1S/C12H21N3O2/c1-4-15-10-13-8-11(15)9-14(2)7-5-6-12(16)17-3/h8,10H,4-7,9H2,1-3H3. The van der Waals surface area contributed by atoms with Crippen molar-refractivity contribution in [3.8, 4) is 0 Å². The number of carbonyl (C=O) groups excluding carboxylic acids is 1. The number of aromatic nitrogens is 2. The quantitative estimate of drug-likeness (QED) is 0.673. The van der Waals surface area contributed by atoms with Gasteiger partial charge in [0, 0.05) is 25.7 Å². The number of esters is 1. The molecule has 0 amide bonds. The number of methoxy groups -OCH3 is 1. The van der Waals surface area contributed by atoms with E-state index in [0.717, 1.165) is 26.1 Å². The lowest BCUT2D eigenvalue weighted by molar-refractivity contribution is -0.140. The number of nitrogens with zero attached hydrogens (tertiary/aromatic N) is 3. The zero-order valence-electron chi connectivity index (χ0n) is 10.8. The monoisotopic (exact) mass is 239 g/mol. The van der Waals surface area contributed by atoms with Crippen LogP contribution in [0.1, 0.15) is 25.5 Å². The molecule has 0 atom stereocenters. The van der Waals surface area contributed by atoms with E-state index in [9.17, 15) is 4.79 Å². The lowest BCUT2D eigenvalue weighted by Crippen LogP contribution is -2.21. The summed E-state index contributed by atoms with van der Waals surface area (Å²) in [4.78, 5) is 17.3. The van der Waals surface area contributed by atoms with Gasteiger partial charge in [-0.3, -0.25) is 4.79 Å². The predicted octanol–water partition coefficient (Wildman–Crippen LogP) is 1.29. The Kier molecular flexibility index (Phi) is 5.69. The second-order valence-electron chi connectivity index (χ2n) is 4.09. The topological polar surface area (TPSA) is 47.4 Å². The van der Waals surface area contributed by atoms with Crippen molar-refractivity contribution in [3.63, 3.8) is 0 Å². The van der Waals surface area contributed by atoms with Gasteiger partial charge in [-0.2, -0.15) is 0 Å². The van der Waals surface area contributed by atoms with Gasteiger partial charge in [-0.25, -0.2) is 4.98 Å². The van der Waals surface area contributed by atoms with Crippen LogP contribution in [-0.4, -0.2) is 41.1 Å². The maximum Gasteiger partial charge on any atom is 0.305 e. The molecule has 0 radical (unpaired) electrons. The molecule has 0 bridgehead atoms. The van der Waals surface area contributed by atoms with Gasteiger partial charge in [0.2, 0.25) is 0 Å². The minimum absolute atomic E-state index is 0.142. The summed E-state index contributed by atoms with van der Waals surface area (Å²) in [6.07, 6.45) is 5.04. The van der Waals surface area contributed by atoms with Gasteiger partial charge in [0.25, 0.3) is 0 Å². The minimum atomic E-state index is -0.142. The van der Waals surface area contributed by atoms with Gasteiger partial charge in [0.15, 0.2) is 0 Å². The molecule has 1 rings (SSSR count). The van der Waals surface area contributed by atoms with E-state index in [4.69, 9.17) is 0 Å². The molecule has 0 fully saturated rings. The van der Waals surface area contributed by atoms with Crippen molar-refractivity contribution < 1.29 is 9.53 Å². The van der Waals surface area contributed by atoms with E-state index in [2.05, 4.69) is 26.1 Å². The molecule has 17 heavy (non-hydrogen) atoms. The van der Waals surface area contributed by atoms with E-state index in [0.29, 0.717) is 6.42 Å². The molecule has 0 N–H and O–H groups in total. The average molecular weight is 239 g/mol. The van der Waals surface area contributed by atoms with Gasteiger partial charge < -0.3 is 14.2 Å². The Morgan fingerprint density at radius 1 is 1.59 bits per heavy atom. The summed E-state index contributed by atoms with van der Waals surface area (Å²) in [5, 5.41) is 0. The SMILES string of the molecule is CCn1cncc1CN(C)CCCC(=O)OC. The van der Waals surface area contributed by atoms with Crippen LogP contribution in [0.25, 0.3) is 0 Å². The zero-order valence-corrected chi connectivity index (χ0v) is 10.8. The first-order valence-electron chi connectivity index (χ1n) is 5.91. The molecular formula is C12H21N3O2. The lowest BCUT2D eigenvalue weighted by atomic mass is 10.3. The van der Waals surface area contributed by atoms with E-state index in [1.54, 1.807) is 0 Å². The first-order valence-corrected chi connectivity index (χ1v) is 5.91. The third kappa shape index (κ3) is 4.56. The summed E-state index contributed by atoms with van der Waals surface area (Å²) in [6.45, 7) is 4.77. The largest absolute Gasteiger partial charge is 0.469 e. The highest BCUT2D eigenvalue weighted by Crippen LogP contribution is 2.04.